The van der Waals surface area contributed by atoms with Crippen LogP contribution >= 0.6 is 11.3 Å². The number of fused-ring (bicyclic) bond motifs is 1. The van der Waals surface area contributed by atoms with Crippen molar-refractivity contribution in [1.82, 2.24) is 30.3 Å². The van der Waals surface area contributed by atoms with Crippen LogP contribution in [0.4, 0.5) is 18.9 Å². The molecule has 3 N–H and O–H groups in total. The summed E-state index contributed by atoms with van der Waals surface area (Å²) in [6, 6.07) is 12.9. The number of nitrogens with zero attached hydrogens (tertiary/aromatic N) is 4. The minimum Gasteiger partial charge on any atom is -0.320 e. The van der Waals surface area contributed by atoms with Gasteiger partial charge in [0, 0.05) is 16.3 Å². The molecule has 8 nitrogen and oxygen atoms in total. The summed E-state index contributed by atoms with van der Waals surface area (Å²) in [5.74, 6) is -0.482. The van der Waals surface area contributed by atoms with Crippen molar-refractivity contribution in [3.8, 4) is 21.8 Å². The Morgan fingerprint density at radius 1 is 1.10 bits per heavy atom. The van der Waals surface area contributed by atoms with Gasteiger partial charge in [0.05, 0.1) is 17.4 Å². The zero-order chi connectivity index (χ0) is 27.6. The number of unbranched alkanes of at least 4 members (excludes halogenated alkanes) is 1. The Morgan fingerprint density at radius 2 is 1.95 bits per heavy atom. The molecule has 3 heterocycles. The van der Waals surface area contributed by atoms with Crippen LogP contribution in [0.15, 0.2) is 54.0 Å². The van der Waals surface area contributed by atoms with Gasteiger partial charge < -0.3 is 10.2 Å². The van der Waals surface area contributed by atoms with Crippen LogP contribution < -0.4 is 5.32 Å². The highest BCUT2D eigenvalue weighted by Gasteiger charge is 2.33. The monoisotopic (exact) mass is 553 g/mol. The highest BCUT2D eigenvalue weighted by molar-refractivity contribution is 7.13. The van der Waals surface area contributed by atoms with Crippen LogP contribution in [0, 0.1) is 0 Å². The fourth-order valence-corrected chi connectivity index (χ4v) is 5.00. The largest absolute Gasteiger partial charge is 0.432 e. The molecule has 0 unspecified atom stereocenters. The first-order chi connectivity index (χ1) is 18.7. The molecule has 0 atom stereocenters. The van der Waals surface area contributed by atoms with Gasteiger partial charge in [-0.15, -0.1) is 11.3 Å². The fraction of sp³-hybridized carbons (Fsp3) is 0.259. The second-order valence-electron chi connectivity index (χ2n) is 9.47. The maximum Gasteiger partial charge on any atom is 0.432 e. The van der Waals surface area contributed by atoms with E-state index in [9.17, 15) is 18.0 Å². The number of hydrogen-bond acceptors (Lipinski definition) is 6. The first kappa shape index (κ1) is 26.6. The van der Waals surface area contributed by atoms with Crippen molar-refractivity contribution in [3.05, 3.63) is 71.0 Å². The fourth-order valence-electron chi connectivity index (χ4n) is 4.24. The maximum atomic E-state index is 13.2. The lowest BCUT2D eigenvalue weighted by Crippen LogP contribution is -2.13. The molecule has 0 aliphatic rings. The van der Waals surface area contributed by atoms with Gasteiger partial charge in [0.15, 0.2) is 0 Å². The van der Waals surface area contributed by atoms with E-state index in [1.165, 1.54) is 10.9 Å². The molecule has 0 saturated heterocycles. The average Bonchev–Trinajstić information content (AvgIpc) is 3.66. The number of amides is 1. The quantitative estimate of drug-likeness (QED) is 0.188. The lowest BCUT2D eigenvalue weighted by Gasteiger charge is -2.13. The number of benzene rings is 2. The van der Waals surface area contributed by atoms with E-state index in [-0.39, 0.29) is 16.4 Å². The number of aromatic nitrogens is 5. The number of carbonyl (C=O) groups is 1. The minimum absolute atomic E-state index is 0.0216. The summed E-state index contributed by atoms with van der Waals surface area (Å²) >= 11 is 1.04. The molecule has 0 fully saturated rings. The van der Waals surface area contributed by atoms with Gasteiger partial charge in [-0.25, -0.2) is 4.98 Å². The van der Waals surface area contributed by atoms with Gasteiger partial charge in [-0.1, -0.05) is 24.3 Å². The van der Waals surface area contributed by atoms with E-state index in [1.54, 1.807) is 6.20 Å². The van der Waals surface area contributed by atoms with Gasteiger partial charge in [-0.3, -0.25) is 15.0 Å². The van der Waals surface area contributed by atoms with Crippen molar-refractivity contribution in [2.45, 2.75) is 25.4 Å². The highest BCUT2D eigenvalue weighted by atomic mass is 32.1. The van der Waals surface area contributed by atoms with Crippen molar-refractivity contribution >= 4 is 33.8 Å². The minimum atomic E-state index is -4.55. The van der Waals surface area contributed by atoms with Gasteiger partial charge in [0.2, 0.25) is 0 Å². The Morgan fingerprint density at radius 3 is 2.72 bits per heavy atom. The molecule has 0 aliphatic heterocycles. The van der Waals surface area contributed by atoms with E-state index in [0.29, 0.717) is 5.69 Å². The van der Waals surface area contributed by atoms with Crippen molar-refractivity contribution in [2.75, 3.05) is 26.0 Å². The average molecular weight is 554 g/mol. The number of anilines is 1. The molecular formula is C27H26F3N7OS. The van der Waals surface area contributed by atoms with E-state index in [0.717, 1.165) is 65.2 Å². The number of rotatable bonds is 9. The first-order valence-corrected chi connectivity index (χ1v) is 13.2. The molecule has 5 aromatic rings. The number of nitrogens with one attached hydrogen (secondary N) is 3. The third-order valence-corrected chi connectivity index (χ3v) is 7.09. The number of halogens is 3. The lowest BCUT2D eigenvalue weighted by atomic mass is 9.98. The number of carbonyl (C=O) groups excluding carboxylic acids is 1. The van der Waals surface area contributed by atoms with Crippen molar-refractivity contribution in [1.29, 1.82) is 0 Å². The molecule has 39 heavy (non-hydrogen) atoms. The smallest absolute Gasteiger partial charge is 0.320 e. The molecule has 0 spiro atoms. The Hall–Kier alpha value is -4.03. The molecule has 202 valence electrons. The normalized spacial score (nSPS) is 11.9. The third kappa shape index (κ3) is 6.18. The van der Waals surface area contributed by atoms with Crippen molar-refractivity contribution < 1.29 is 18.0 Å². The Labute approximate surface area is 226 Å². The predicted octanol–water partition coefficient (Wildman–Crippen LogP) is 6.23. The summed E-state index contributed by atoms with van der Waals surface area (Å²) in [4.78, 5) is 19.6. The Kier molecular flexibility index (Phi) is 7.49. The number of thiazole rings is 1. The van der Waals surface area contributed by atoms with Gasteiger partial charge in [0.1, 0.15) is 22.1 Å². The van der Waals surface area contributed by atoms with Crippen molar-refractivity contribution in [3.63, 3.8) is 0 Å². The standard InChI is InChI=1S/C27H26F3N7OS/c1-37(2)9-4-3-6-16-7-5-8-17(10-16)19-11-18-14-31-34-20(18)12-21(19)32-25(38)23-15-39-26(33-23)22-13-24(36-35-22)27(28,29)30/h5,7-8,10-15H,3-4,6,9H2,1-2H3,(H,31,34)(H,32,38)(H,35,36). The molecule has 12 heteroatoms. The summed E-state index contributed by atoms with van der Waals surface area (Å²) < 4.78 is 38.8. The van der Waals surface area contributed by atoms with Gasteiger partial charge in [-0.05, 0) is 69.2 Å². The molecule has 3 aromatic heterocycles. The first-order valence-electron chi connectivity index (χ1n) is 12.3. The molecular weight excluding hydrogens is 527 g/mol. The molecule has 5 rings (SSSR count). The van der Waals surface area contributed by atoms with Crippen LogP contribution in [0.5, 0.6) is 0 Å². The lowest BCUT2D eigenvalue weighted by molar-refractivity contribution is -0.141. The number of aryl methyl sites for hydroxylation is 1. The van der Waals surface area contributed by atoms with Gasteiger partial charge >= 0.3 is 6.18 Å². The summed E-state index contributed by atoms with van der Waals surface area (Å²) in [5.41, 5.74) is 3.43. The number of H-pyrrole nitrogens is 2. The number of aromatic amines is 2. The summed E-state index contributed by atoms with van der Waals surface area (Å²) in [5, 5.41) is 18.2. The molecule has 0 aliphatic carbocycles. The van der Waals surface area contributed by atoms with Gasteiger partial charge in [0.25, 0.3) is 5.91 Å². The van der Waals surface area contributed by atoms with E-state index in [1.807, 2.05) is 29.4 Å². The van der Waals surface area contributed by atoms with Crippen LogP contribution in [0.25, 0.3) is 32.7 Å². The van der Waals surface area contributed by atoms with Crippen LogP contribution in [-0.4, -0.2) is 56.8 Å². The second-order valence-corrected chi connectivity index (χ2v) is 10.3. The molecule has 0 bridgehead atoms. The van der Waals surface area contributed by atoms with E-state index in [4.69, 9.17) is 0 Å². The second kappa shape index (κ2) is 11.0. The molecule has 0 saturated carbocycles. The predicted molar refractivity (Wildman–Crippen MR) is 146 cm³/mol. The third-order valence-electron chi connectivity index (χ3n) is 6.22. The van der Waals surface area contributed by atoms with E-state index in [2.05, 4.69) is 56.7 Å². The van der Waals surface area contributed by atoms with Crippen LogP contribution in [0.1, 0.15) is 34.6 Å². The summed E-state index contributed by atoms with van der Waals surface area (Å²) in [6.45, 7) is 1.04. The Balaban J connectivity index is 1.39. The summed E-state index contributed by atoms with van der Waals surface area (Å²) in [6.07, 6.45) is 0.293. The number of alkyl halides is 3. The Bertz CT molecular complexity index is 1600. The highest BCUT2D eigenvalue weighted by Crippen LogP contribution is 2.34. The van der Waals surface area contributed by atoms with Crippen LogP contribution in [0.3, 0.4) is 0 Å². The zero-order valence-corrected chi connectivity index (χ0v) is 22.1. The van der Waals surface area contributed by atoms with E-state index < -0.39 is 17.8 Å². The summed E-state index contributed by atoms with van der Waals surface area (Å²) in [7, 11) is 4.13. The van der Waals surface area contributed by atoms with Crippen LogP contribution in [0.2, 0.25) is 0 Å². The maximum absolute atomic E-state index is 13.2. The zero-order valence-electron chi connectivity index (χ0n) is 21.3. The van der Waals surface area contributed by atoms with E-state index >= 15 is 0 Å². The van der Waals surface area contributed by atoms with Crippen LogP contribution in [-0.2, 0) is 12.6 Å². The molecule has 1 amide bonds. The van der Waals surface area contributed by atoms with Crippen molar-refractivity contribution in [2.24, 2.45) is 0 Å². The van der Waals surface area contributed by atoms with Gasteiger partial charge in [-0.2, -0.15) is 23.4 Å². The molecule has 0 radical (unpaired) electrons. The number of hydrogen-bond donors (Lipinski definition) is 3. The topological polar surface area (TPSA) is 103 Å². The molecule has 2 aromatic carbocycles. The SMILES string of the molecule is CN(C)CCCCc1cccc(-c2cc3cn[nH]c3cc2NC(=O)c2csc(-c3cc(C(F)(F)F)[nH]n3)n2)c1.